The van der Waals surface area contributed by atoms with E-state index >= 15 is 0 Å². The first kappa shape index (κ1) is 14.2. The van der Waals surface area contributed by atoms with E-state index < -0.39 is 5.60 Å². The van der Waals surface area contributed by atoms with E-state index in [2.05, 4.69) is 10.4 Å². The van der Waals surface area contributed by atoms with Gasteiger partial charge < -0.3 is 14.4 Å². The van der Waals surface area contributed by atoms with Crippen molar-refractivity contribution < 1.29 is 19.1 Å². The summed E-state index contributed by atoms with van der Waals surface area (Å²) in [5.74, 6) is 0.771. The number of hydrogen-bond donors (Lipinski definition) is 1. The number of carbonyl (C=O) groups excluding carboxylic acids is 1. The lowest BCUT2D eigenvalue weighted by atomic mass is 10.0. The van der Waals surface area contributed by atoms with E-state index in [0.29, 0.717) is 19.6 Å². The van der Waals surface area contributed by atoms with E-state index in [1.54, 1.807) is 14.0 Å². The molecule has 2 aliphatic rings. The Kier molecular flexibility index (Phi) is 3.73. The molecule has 2 heterocycles. The Labute approximate surface area is 123 Å². The number of nitrogens with zero attached hydrogens (tertiary/aromatic N) is 1. The van der Waals surface area contributed by atoms with E-state index in [0.717, 1.165) is 42.1 Å². The number of nitrogens with one attached hydrogen (secondary N) is 1. The van der Waals surface area contributed by atoms with Crippen LogP contribution < -0.4 is 15.1 Å². The minimum Gasteiger partial charge on any atom is -0.479 e. The van der Waals surface area contributed by atoms with Crippen molar-refractivity contribution >= 4 is 17.7 Å². The van der Waals surface area contributed by atoms with Gasteiger partial charge in [0.2, 0.25) is 0 Å². The zero-order chi connectivity index (χ0) is 14.9. The lowest BCUT2D eigenvalue weighted by Gasteiger charge is -2.30. The number of ether oxygens (including phenoxy) is 2. The third-order valence-corrected chi connectivity index (χ3v) is 3.88. The molecule has 0 amide bonds. The van der Waals surface area contributed by atoms with Crippen molar-refractivity contribution in [2.45, 2.75) is 18.9 Å². The van der Waals surface area contributed by atoms with E-state index in [4.69, 9.17) is 14.3 Å². The van der Waals surface area contributed by atoms with Crippen LogP contribution in [0.5, 0.6) is 5.75 Å². The summed E-state index contributed by atoms with van der Waals surface area (Å²) in [7, 11) is 1.59. The van der Waals surface area contributed by atoms with Crippen molar-refractivity contribution in [1.82, 2.24) is 0 Å². The summed E-state index contributed by atoms with van der Waals surface area (Å²) in [6.07, 6.45) is 1.44. The number of morpholine rings is 1. The van der Waals surface area contributed by atoms with Gasteiger partial charge in [-0.3, -0.25) is 15.1 Å². The van der Waals surface area contributed by atoms with Crippen molar-refractivity contribution in [3.63, 3.8) is 0 Å². The Morgan fingerprint density at radius 3 is 2.81 bits per heavy atom. The van der Waals surface area contributed by atoms with Gasteiger partial charge in [-0.05, 0) is 13.0 Å². The number of benzene rings is 1. The minimum atomic E-state index is -0.768. The molecule has 0 aliphatic carbocycles. The first-order chi connectivity index (χ1) is 10.1. The molecule has 1 fully saturated rings. The lowest BCUT2D eigenvalue weighted by Crippen LogP contribution is -2.36. The second kappa shape index (κ2) is 5.54. The molecule has 6 nitrogen and oxygen atoms in total. The molecule has 0 spiro atoms. The second-order valence-corrected chi connectivity index (χ2v) is 5.59. The van der Waals surface area contributed by atoms with E-state index in [1.165, 1.54) is 0 Å². The van der Waals surface area contributed by atoms with Crippen LogP contribution in [0.25, 0.3) is 0 Å². The van der Waals surface area contributed by atoms with E-state index in [-0.39, 0.29) is 0 Å². The molecule has 1 N–H and O–H groups in total. The Balaban J connectivity index is 1.96. The van der Waals surface area contributed by atoms with Crippen LogP contribution >= 0.6 is 0 Å². The Morgan fingerprint density at radius 2 is 2.14 bits per heavy atom. The van der Waals surface area contributed by atoms with Crippen LogP contribution in [0.15, 0.2) is 12.1 Å². The van der Waals surface area contributed by atoms with Gasteiger partial charge >= 0.3 is 0 Å². The molecular formula is C15H20N2O4. The van der Waals surface area contributed by atoms with Crippen LogP contribution in [0.2, 0.25) is 0 Å². The van der Waals surface area contributed by atoms with E-state index in [1.807, 2.05) is 12.1 Å². The largest absolute Gasteiger partial charge is 0.479 e. The summed E-state index contributed by atoms with van der Waals surface area (Å²) in [6.45, 7) is 4.86. The van der Waals surface area contributed by atoms with Gasteiger partial charge in [-0.1, -0.05) is 0 Å². The summed E-state index contributed by atoms with van der Waals surface area (Å²) in [4.78, 5) is 18.5. The Bertz CT molecular complexity index is 543. The maximum absolute atomic E-state index is 11.2. The summed E-state index contributed by atoms with van der Waals surface area (Å²) in [5, 5.41) is 0. The van der Waals surface area contributed by atoms with Crippen molar-refractivity contribution in [3.8, 4) is 5.75 Å². The second-order valence-electron chi connectivity index (χ2n) is 5.59. The fourth-order valence-electron chi connectivity index (χ4n) is 2.84. The highest BCUT2D eigenvalue weighted by Gasteiger charge is 2.35. The molecule has 1 aromatic rings. The van der Waals surface area contributed by atoms with Gasteiger partial charge in [-0.2, -0.15) is 0 Å². The van der Waals surface area contributed by atoms with Crippen LogP contribution in [0.4, 0.5) is 11.4 Å². The highest BCUT2D eigenvalue weighted by atomic mass is 16.6. The Morgan fingerprint density at radius 1 is 1.38 bits per heavy atom. The summed E-state index contributed by atoms with van der Waals surface area (Å²) in [5.41, 5.74) is 5.06. The fourth-order valence-corrected chi connectivity index (χ4v) is 2.84. The Hall–Kier alpha value is -1.79. The third-order valence-electron chi connectivity index (χ3n) is 3.88. The van der Waals surface area contributed by atoms with Gasteiger partial charge in [0, 0.05) is 31.1 Å². The van der Waals surface area contributed by atoms with E-state index in [9.17, 15) is 4.79 Å². The lowest BCUT2D eigenvalue weighted by molar-refractivity contribution is -0.118. The predicted molar refractivity (Wildman–Crippen MR) is 78.9 cm³/mol. The van der Waals surface area contributed by atoms with Crippen molar-refractivity contribution in [1.29, 1.82) is 0 Å². The van der Waals surface area contributed by atoms with Gasteiger partial charge in [0.05, 0.1) is 31.7 Å². The highest BCUT2D eigenvalue weighted by Crippen LogP contribution is 2.41. The fraction of sp³-hybridized carbons (Fsp3) is 0.533. The standard InChI is InChI=1S/C15H20N2O4/c1-15(10-18)9-11-7-12(16-19-2)13(8-14(11)21-15)17-3-5-20-6-4-17/h7-8,10,16H,3-6,9H2,1-2H3. The minimum absolute atomic E-state index is 0.577. The van der Waals surface area contributed by atoms with Crippen molar-refractivity contribution in [2.24, 2.45) is 0 Å². The molecule has 0 bridgehead atoms. The van der Waals surface area contributed by atoms with Crippen molar-refractivity contribution in [2.75, 3.05) is 43.8 Å². The first-order valence-corrected chi connectivity index (χ1v) is 7.09. The summed E-state index contributed by atoms with van der Waals surface area (Å²) in [6, 6.07) is 3.98. The van der Waals surface area contributed by atoms with Crippen LogP contribution in [0, 0.1) is 0 Å². The zero-order valence-electron chi connectivity index (χ0n) is 12.3. The molecule has 3 rings (SSSR count). The number of anilines is 2. The number of aldehydes is 1. The average molecular weight is 292 g/mol. The molecular weight excluding hydrogens is 272 g/mol. The SMILES string of the molecule is CONc1cc2c(cc1N1CCOCC1)OC(C)(C=O)C2. The summed E-state index contributed by atoms with van der Waals surface area (Å²) < 4.78 is 11.2. The molecule has 0 saturated carbocycles. The molecule has 114 valence electrons. The smallest absolute Gasteiger partial charge is 0.165 e. The number of rotatable bonds is 4. The normalized spacial score (nSPS) is 24.4. The van der Waals surface area contributed by atoms with Crippen LogP contribution in [0.3, 0.4) is 0 Å². The highest BCUT2D eigenvalue weighted by molar-refractivity contribution is 5.76. The van der Waals surface area contributed by atoms with Crippen LogP contribution in [0.1, 0.15) is 12.5 Å². The average Bonchev–Trinajstić information content (AvgIpc) is 2.84. The van der Waals surface area contributed by atoms with Gasteiger partial charge in [0.15, 0.2) is 11.9 Å². The quantitative estimate of drug-likeness (QED) is 0.668. The molecule has 0 aromatic heterocycles. The molecule has 21 heavy (non-hydrogen) atoms. The zero-order valence-corrected chi connectivity index (χ0v) is 12.3. The van der Waals surface area contributed by atoms with Gasteiger partial charge in [0.25, 0.3) is 0 Å². The van der Waals surface area contributed by atoms with Gasteiger partial charge in [-0.25, -0.2) is 0 Å². The molecule has 1 saturated heterocycles. The van der Waals surface area contributed by atoms with Crippen LogP contribution in [-0.2, 0) is 20.8 Å². The molecule has 1 atom stereocenters. The number of hydrogen-bond acceptors (Lipinski definition) is 6. The summed E-state index contributed by atoms with van der Waals surface area (Å²) >= 11 is 0. The van der Waals surface area contributed by atoms with Gasteiger partial charge in [0.1, 0.15) is 5.75 Å². The first-order valence-electron chi connectivity index (χ1n) is 7.09. The topological polar surface area (TPSA) is 60.0 Å². The maximum atomic E-state index is 11.2. The maximum Gasteiger partial charge on any atom is 0.165 e. The molecule has 0 radical (unpaired) electrons. The molecule has 2 aliphatic heterocycles. The molecule has 6 heteroatoms. The monoisotopic (exact) mass is 292 g/mol. The number of carbonyl (C=O) groups is 1. The number of fused-ring (bicyclic) bond motifs is 1. The van der Waals surface area contributed by atoms with Crippen LogP contribution in [-0.4, -0.2) is 45.3 Å². The molecule has 1 unspecified atom stereocenters. The van der Waals surface area contributed by atoms with Gasteiger partial charge in [-0.15, -0.1) is 0 Å². The molecule has 1 aromatic carbocycles. The predicted octanol–water partition coefficient (Wildman–Crippen LogP) is 1.39. The third kappa shape index (κ3) is 2.69. The van der Waals surface area contributed by atoms with Crippen molar-refractivity contribution in [3.05, 3.63) is 17.7 Å².